The van der Waals surface area contributed by atoms with E-state index in [4.69, 9.17) is 19.2 Å². The number of carboxylic acid groups (broad SMARTS) is 1. The first-order valence-electron chi connectivity index (χ1n) is 9.01. The largest absolute Gasteiger partial charge is 1.00 e. The van der Waals surface area contributed by atoms with Crippen LogP contribution in [0.15, 0.2) is 69.0 Å². The zero-order valence-corrected chi connectivity index (χ0v) is 20.5. The summed E-state index contributed by atoms with van der Waals surface area (Å²) in [6, 6.07) is 19.4. The molecular formula is C22H18N3NaO5S. The number of thioether (sulfide) groups is 1. The molecule has 2 N–H and O–H groups in total. The average molecular weight is 459 g/mol. The van der Waals surface area contributed by atoms with E-state index >= 15 is 0 Å². The molecule has 2 heterocycles. The second kappa shape index (κ2) is 12.3. The molecule has 2 aromatic carbocycles. The van der Waals surface area contributed by atoms with Gasteiger partial charge in [-0.05, 0) is 47.8 Å². The Balaban J connectivity index is 0.000000672. The summed E-state index contributed by atoms with van der Waals surface area (Å²) >= 11 is 1.26. The number of carbonyl (C=O) groups is 2. The number of benzene rings is 2. The van der Waals surface area contributed by atoms with Crippen LogP contribution in [0.4, 0.5) is 5.69 Å². The number of aliphatic carboxylic acids is 1. The van der Waals surface area contributed by atoms with Crippen molar-refractivity contribution in [3.63, 3.8) is 0 Å². The van der Waals surface area contributed by atoms with Crippen molar-refractivity contribution >= 4 is 40.6 Å². The van der Waals surface area contributed by atoms with E-state index in [0.717, 1.165) is 23.9 Å². The molecule has 0 aliphatic carbocycles. The van der Waals surface area contributed by atoms with Crippen molar-refractivity contribution in [2.75, 3.05) is 7.11 Å². The molecule has 8 nitrogen and oxygen atoms in total. The molecule has 10 heteroatoms. The van der Waals surface area contributed by atoms with Crippen LogP contribution in [0.5, 0.6) is 5.75 Å². The monoisotopic (exact) mass is 459 g/mol. The van der Waals surface area contributed by atoms with Crippen LogP contribution >= 0.6 is 11.8 Å². The van der Waals surface area contributed by atoms with Gasteiger partial charge in [-0.25, -0.2) is 0 Å². The molecule has 1 aliphatic heterocycles. The van der Waals surface area contributed by atoms with Crippen LogP contribution < -0.4 is 39.6 Å². The third-order valence-corrected chi connectivity index (χ3v) is 4.67. The van der Waals surface area contributed by atoms with E-state index in [1.54, 1.807) is 31.4 Å². The minimum absolute atomic E-state index is 0. The fraction of sp³-hybridized carbons (Fsp3) is 0.0909. The molecule has 3 aromatic rings. The molecule has 0 saturated carbocycles. The second-order valence-corrected chi connectivity index (χ2v) is 7.13. The number of hydrogen-bond donors (Lipinski definition) is 2. The number of amidine groups is 1. The molecule has 0 bridgehead atoms. The van der Waals surface area contributed by atoms with Crippen LogP contribution in [0.2, 0.25) is 0 Å². The summed E-state index contributed by atoms with van der Waals surface area (Å²) in [7, 11) is 1.62. The van der Waals surface area contributed by atoms with Gasteiger partial charge < -0.3 is 19.7 Å². The Morgan fingerprint density at radius 1 is 1.25 bits per heavy atom. The Kier molecular flexibility index (Phi) is 9.73. The third kappa shape index (κ3) is 7.38. The van der Waals surface area contributed by atoms with Crippen LogP contribution in [0.1, 0.15) is 12.6 Å². The minimum Gasteiger partial charge on any atom is -0.497 e. The summed E-state index contributed by atoms with van der Waals surface area (Å²) in [6.45, 7) is 1.08. The van der Waals surface area contributed by atoms with Gasteiger partial charge in [-0.1, -0.05) is 5.16 Å². The maximum atomic E-state index is 12.2. The number of nitrogens with zero attached hydrogens (tertiary/aromatic N) is 2. The molecule has 0 radical (unpaired) electrons. The minimum atomic E-state index is -0.833. The quantitative estimate of drug-likeness (QED) is 0.342. The molecule has 1 amide bonds. The van der Waals surface area contributed by atoms with Gasteiger partial charge in [0.15, 0.2) is 10.9 Å². The van der Waals surface area contributed by atoms with Gasteiger partial charge in [-0.2, -0.15) is 18.2 Å². The van der Waals surface area contributed by atoms with Crippen molar-refractivity contribution in [1.29, 1.82) is 0 Å². The van der Waals surface area contributed by atoms with Gasteiger partial charge in [0.05, 0.1) is 12.0 Å². The molecule has 158 valence electrons. The average Bonchev–Trinajstić information content (AvgIpc) is 3.35. The first-order valence-corrected chi connectivity index (χ1v) is 9.82. The Morgan fingerprint density at radius 3 is 2.53 bits per heavy atom. The van der Waals surface area contributed by atoms with Crippen molar-refractivity contribution in [1.82, 2.24) is 10.5 Å². The molecule has 1 saturated heterocycles. The van der Waals surface area contributed by atoms with Crippen molar-refractivity contribution in [2.24, 2.45) is 4.99 Å². The van der Waals surface area contributed by atoms with E-state index in [-0.39, 0.29) is 35.5 Å². The van der Waals surface area contributed by atoms with E-state index in [0.29, 0.717) is 21.5 Å². The molecule has 0 unspecified atom stereocenters. The Bertz CT molecular complexity index is 1120. The third-order valence-electron chi connectivity index (χ3n) is 3.76. The van der Waals surface area contributed by atoms with Gasteiger partial charge in [-0.3, -0.25) is 14.6 Å². The maximum Gasteiger partial charge on any atom is 1.00 e. The van der Waals surface area contributed by atoms with E-state index < -0.39 is 5.97 Å². The first kappa shape index (κ1) is 25.4. The van der Waals surface area contributed by atoms with E-state index in [1.165, 1.54) is 11.8 Å². The fourth-order valence-electron chi connectivity index (χ4n) is 2.43. The van der Waals surface area contributed by atoms with Crippen LogP contribution in [-0.4, -0.2) is 34.4 Å². The van der Waals surface area contributed by atoms with Gasteiger partial charge in [0.2, 0.25) is 0 Å². The first-order chi connectivity index (χ1) is 14.9. The second-order valence-electron chi connectivity index (χ2n) is 6.10. The standard InChI is InChI=1S/C20H14N3O3S.C2H4O2.Na/c1-25-16-9-7-13(8-10-16)17-11-15(23-26-17)12-18-19(24)22-20(27-18)21-14-5-3-2-4-6-14;1-2(3)4;/h3-12H,1H3,(H,21,22,24);1H3,(H,3,4);/q-1;;+1. The molecule has 32 heavy (non-hydrogen) atoms. The van der Waals surface area contributed by atoms with Gasteiger partial charge in [0.25, 0.3) is 11.9 Å². The van der Waals surface area contributed by atoms with Crippen molar-refractivity contribution in [2.45, 2.75) is 6.92 Å². The number of carbonyl (C=O) groups excluding carboxylic acids is 1. The zero-order chi connectivity index (χ0) is 22.2. The molecule has 1 aromatic heterocycles. The van der Waals surface area contributed by atoms with Crippen LogP contribution in [-0.2, 0) is 9.59 Å². The van der Waals surface area contributed by atoms with E-state index in [2.05, 4.69) is 21.5 Å². The fourth-order valence-corrected chi connectivity index (χ4v) is 3.26. The molecule has 1 aliphatic rings. The van der Waals surface area contributed by atoms with Crippen molar-refractivity contribution in [3.05, 3.63) is 71.3 Å². The predicted molar refractivity (Wildman–Crippen MR) is 118 cm³/mol. The summed E-state index contributed by atoms with van der Waals surface area (Å²) in [4.78, 5) is 26.1. The Hall–Kier alpha value is -2.85. The number of aliphatic imine (C=N–C) groups is 1. The van der Waals surface area contributed by atoms with Gasteiger partial charge >= 0.3 is 29.6 Å². The topological polar surface area (TPSA) is 114 Å². The number of hydrogen-bond acceptors (Lipinski definition) is 7. The Morgan fingerprint density at radius 2 is 1.91 bits per heavy atom. The summed E-state index contributed by atoms with van der Waals surface area (Å²) in [5.74, 6) is 0.334. The smallest absolute Gasteiger partial charge is 0.497 e. The zero-order valence-electron chi connectivity index (χ0n) is 17.7. The number of amides is 1. The van der Waals surface area contributed by atoms with Crippen LogP contribution in [0, 0.1) is 6.07 Å². The van der Waals surface area contributed by atoms with Gasteiger partial charge in [-0.15, -0.1) is 12.1 Å². The van der Waals surface area contributed by atoms with Crippen LogP contribution in [0.25, 0.3) is 17.4 Å². The number of aromatic nitrogens is 1. The summed E-state index contributed by atoms with van der Waals surface area (Å²) in [5.41, 5.74) is 2.19. The summed E-state index contributed by atoms with van der Waals surface area (Å²) in [5, 5.41) is 14.7. The summed E-state index contributed by atoms with van der Waals surface area (Å²) < 4.78 is 10.5. The molecule has 0 spiro atoms. The van der Waals surface area contributed by atoms with Crippen molar-refractivity contribution < 1.29 is 53.5 Å². The summed E-state index contributed by atoms with van der Waals surface area (Å²) in [6.07, 6.45) is 1.68. The number of methoxy groups -OCH3 is 1. The van der Waals surface area contributed by atoms with E-state index in [9.17, 15) is 4.79 Å². The van der Waals surface area contributed by atoms with Gasteiger partial charge in [0.1, 0.15) is 11.4 Å². The van der Waals surface area contributed by atoms with E-state index in [1.807, 2.05) is 36.4 Å². The SMILES string of the molecule is CC(=O)O.COc1ccc(-c2cc(C=C3SC(=Nc4cc[c-]cc4)NC3=O)no2)cc1.[Na+]. The number of ether oxygens (including phenoxy) is 1. The number of nitrogens with one attached hydrogen (secondary N) is 1. The molecule has 1 fully saturated rings. The number of rotatable bonds is 4. The van der Waals surface area contributed by atoms with Gasteiger partial charge in [0, 0.05) is 18.6 Å². The molecule has 4 rings (SSSR count). The Labute approximate surface area is 211 Å². The molecule has 0 atom stereocenters. The van der Waals surface area contributed by atoms with Crippen LogP contribution in [0.3, 0.4) is 0 Å². The molecular weight excluding hydrogens is 441 g/mol. The predicted octanol–water partition coefficient (Wildman–Crippen LogP) is 1.14. The number of carboxylic acids is 1. The van der Waals surface area contributed by atoms with Crippen molar-refractivity contribution in [3.8, 4) is 17.1 Å². The maximum absolute atomic E-state index is 12.2. The normalized spacial score (nSPS) is 14.9.